The topological polar surface area (TPSA) is 26.3 Å². The molecule has 0 saturated carbocycles. The zero-order valence-corrected chi connectivity index (χ0v) is 8.14. The first-order valence-corrected chi connectivity index (χ1v) is 4.55. The van der Waals surface area contributed by atoms with Crippen LogP contribution in [0.2, 0.25) is 0 Å². The Bertz CT molecular complexity index is 157. The first kappa shape index (κ1) is 13.4. The lowest BCUT2D eigenvalue weighted by molar-refractivity contribution is -0.174. The zero-order chi connectivity index (χ0) is 11.0. The van der Waals surface area contributed by atoms with E-state index in [1.54, 1.807) is 6.92 Å². The van der Waals surface area contributed by atoms with Gasteiger partial charge in [0.15, 0.2) is 0 Å². The predicted molar refractivity (Wildman–Crippen MR) is 46.0 cm³/mol. The average Bonchev–Trinajstić information content (AvgIpc) is 2.08. The van der Waals surface area contributed by atoms with Gasteiger partial charge in [-0.25, -0.2) is 0 Å². The second-order valence-corrected chi connectivity index (χ2v) is 3.28. The van der Waals surface area contributed by atoms with E-state index in [1.807, 2.05) is 0 Å². The van der Waals surface area contributed by atoms with E-state index in [-0.39, 0.29) is 12.5 Å². The Balaban J connectivity index is 3.18. The minimum absolute atomic E-state index is 0.0161. The number of hydrogen-bond donors (Lipinski definition) is 0. The molecule has 84 valence electrons. The molecule has 0 heterocycles. The molecule has 0 bridgehead atoms. The van der Waals surface area contributed by atoms with Gasteiger partial charge < -0.3 is 9.53 Å². The highest BCUT2D eigenvalue weighted by Crippen LogP contribution is 2.14. The van der Waals surface area contributed by atoms with Crippen molar-refractivity contribution in [2.75, 3.05) is 13.2 Å². The monoisotopic (exact) mass is 212 g/mol. The van der Waals surface area contributed by atoms with Crippen LogP contribution in [0.3, 0.4) is 0 Å². The molecule has 1 unspecified atom stereocenters. The third kappa shape index (κ3) is 9.51. The van der Waals surface area contributed by atoms with Crippen molar-refractivity contribution in [2.45, 2.75) is 32.4 Å². The zero-order valence-electron chi connectivity index (χ0n) is 8.14. The fourth-order valence-corrected chi connectivity index (χ4v) is 0.926. The normalized spacial score (nSPS) is 14.0. The minimum atomic E-state index is -4.24. The average molecular weight is 212 g/mol. The molecule has 0 aliphatic carbocycles. The Hall–Kier alpha value is -0.580. The molecule has 0 spiro atoms. The molecular weight excluding hydrogens is 197 g/mol. The lowest BCUT2D eigenvalue weighted by atomic mass is 10.1. The summed E-state index contributed by atoms with van der Waals surface area (Å²) in [6.45, 7) is 0.699. The fourth-order valence-electron chi connectivity index (χ4n) is 0.926. The van der Waals surface area contributed by atoms with E-state index in [1.165, 1.54) is 0 Å². The molecular formula is C9H15F3O2. The molecule has 0 radical (unpaired) electrons. The first-order valence-electron chi connectivity index (χ1n) is 4.55. The van der Waals surface area contributed by atoms with Crippen LogP contribution < -0.4 is 0 Å². The summed E-state index contributed by atoms with van der Waals surface area (Å²) in [5.74, 6) is -0.0161. The van der Waals surface area contributed by atoms with Gasteiger partial charge in [0.2, 0.25) is 0 Å². The molecule has 14 heavy (non-hydrogen) atoms. The molecule has 2 nitrogen and oxygen atoms in total. The second-order valence-electron chi connectivity index (χ2n) is 3.28. The van der Waals surface area contributed by atoms with E-state index in [2.05, 4.69) is 4.74 Å². The van der Waals surface area contributed by atoms with Gasteiger partial charge in [0, 0.05) is 12.5 Å². The van der Waals surface area contributed by atoms with Gasteiger partial charge in [-0.3, -0.25) is 0 Å². The van der Waals surface area contributed by atoms with Gasteiger partial charge in [0.25, 0.3) is 0 Å². The van der Waals surface area contributed by atoms with Crippen molar-refractivity contribution in [3.05, 3.63) is 0 Å². The number of ether oxygens (including phenoxy) is 1. The number of aldehydes is 1. The lowest BCUT2D eigenvalue weighted by Crippen LogP contribution is -2.17. The van der Waals surface area contributed by atoms with Crippen molar-refractivity contribution in [3.63, 3.8) is 0 Å². The molecule has 0 aromatic carbocycles. The van der Waals surface area contributed by atoms with Gasteiger partial charge >= 0.3 is 6.18 Å². The van der Waals surface area contributed by atoms with Crippen molar-refractivity contribution in [2.24, 2.45) is 5.92 Å². The van der Waals surface area contributed by atoms with Crippen molar-refractivity contribution in [1.29, 1.82) is 0 Å². The molecule has 0 rings (SSSR count). The van der Waals surface area contributed by atoms with Crippen LogP contribution in [-0.4, -0.2) is 25.7 Å². The van der Waals surface area contributed by atoms with E-state index in [9.17, 15) is 18.0 Å². The summed E-state index contributed by atoms with van der Waals surface area (Å²) in [5, 5.41) is 0. The lowest BCUT2D eigenvalue weighted by Gasteiger charge is -2.07. The van der Waals surface area contributed by atoms with Crippen LogP contribution in [0.5, 0.6) is 0 Å². The van der Waals surface area contributed by atoms with E-state index in [4.69, 9.17) is 0 Å². The molecule has 0 fully saturated rings. The SMILES string of the molecule is CC(C=O)CCCCOCC(F)(F)F. The van der Waals surface area contributed by atoms with Gasteiger partial charge in [-0.05, 0) is 12.8 Å². The van der Waals surface area contributed by atoms with Crippen molar-refractivity contribution >= 4 is 6.29 Å². The van der Waals surface area contributed by atoms with Gasteiger partial charge in [-0.1, -0.05) is 13.3 Å². The van der Waals surface area contributed by atoms with Crippen LogP contribution >= 0.6 is 0 Å². The predicted octanol–water partition coefficient (Wildman–Crippen LogP) is 2.57. The van der Waals surface area contributed by atoms with Crippen molar-refractivity contribution < 1.29 is 22.7 Å². The maximum atomic E-state index is 11.6. The highest BCUT2D eigenvalue weighted by molar-refractivity contribution is 5.52. The first-order chi connectivity index (χ1) is 6.45. The molecule has 0 saturated heterocycles. The van der Waals surface area contributed by atoms with Crippen LogP contribution in [0.1, 0.15) is 26.2 Å². The van der Waals surface area contributed by atoms with E-state index in [0.717, 1.165) is 12.7 Å². The Morgan fingerprint density at radius 2 is 2.00 bits per heavy atom. The van der Waals surface area contributed by atoms with Crippen LogP contribution in [0.4, 0.5) is 13.2 Å². The summed E-state index contributed by atoms with van der Waals surface area (Å²) in [6.07, 6.45) is -1.41. The van der Waals surface area contributed by atoms with Crippen LogP contribution in [0.15, 0.2) is 0 Å². The largest absolute Gasteiger partial charge is 0.411 e. The van der Waals surface area contributed by atoms with Crippen molar-refractivity contribution in [1.82, 2.24) is 0 Å². The summed E-state index contributed by atoms with van der Waals surface area (Å²) in [6, 6.07) is 0. The number of hydrogen-bond acceptors (Lipinski definition) is 2. The molecule has 5 heteroatoms. The molecule has 0 aromatic rings. The summed E-state index contributed by atoms with van der Waals surface area (Å²) in [7, 11) is 0. The van der Waals surface area contributed by atoms with Gasteiger partial charge in [-0.15, -0.1) is 0 Å². The van der Waals surface area contributed by atoms with Crippen LogP contribution in [0, 0.1) is 5.92 Å². The standard InChI is InChI=1S/C9H15F3O2/c1-8(6-13)4-2-3-5-14-7-9(10,11)12/h6,8H,2-5,7H2,1H3. The Labute approximate surface area is 81.4 Å². The number of unbranched alkanes of at least 4 members (excludes halogenated alkanes) is 1. The number of carbonyl (C=O) groups excluding carboxylic acids is 1. The Morgan fingerprint density at radius 3 is 2.50 bits per heavy atom. The van der Waals surface area contributed by atoms with E-state index < -0.39 is 12.8 Å². The highest BCUT2D eigenvalue weighted by Gasteiger charge is 2.27. The molecule has 1 atom stereocenters. The van der Waals surface area contributed by atoms with E-state index in [0.29, 0.717) is 12.8 Å². The number of halogens is 3. The Kier molecular flexibility index (Phi) is 6.53. The van der Waals surface area contributed by atoms with Crippen LogP contribution in [-0.2, 0) is 9.53 Å². The van der Waals surface area contributed by atoms with E-state index >= 15 is 0 Å². The molecule has 0 aliphatic heterocycles. The number of rotatable bonds is 7. The third-order valence-electron chi connectivity index (χ3n) is 1.70. The number of alkyl halides is 3. The second kappa shape index (κ2) is 6.81. The molecule has 0 aliphatic rings. The molecule has 0 aromatic heterocycles. The molecule has 0 amide bonds. The number of carbonyl (C=O) groups is 1. The van der Waals surface area contributed by atoms with Crippen molar-refractivity contribution in [3.8, 4) is 0 Å². The summed E-state index contributed by atoms with van der Waals surface area (Å²) >= 11 is 0. The fraction of sp³-hybridized carbons (Fsp3) is 0.889. The summed E-state index contributed by atoms with van der Waals surface area (Å²) in [4.78, 5) is 10.2. The third-order valence-corrected chi connectivity index (χ3v) is 1.70. The summed E-state index contributed by atoms with van der Waals surface area (Å²) < 4.78 is 39.1. The minimum Gasteiger partial charge on any atom is -0.372 e. The van der Waals surface area contributed by atoms with Crippen LogP contribution in [0.25, 0.3) is 0 Å². The summed E-state index contributed by atoms with van der Waals surface area (Å²) in [5.41, 5.74) is 0. The van der Waals surface area contributed by atoms with Gasteiger partial charge in [0.1, 0.15) is 12.9 Å². The smallest absolute Gasteiger partial charge is 0.372 e. The quantitative estimate of drug-likeness (QED) is 0.479. The van der Waals surface area contributed by atoms with Gasteiger partial charge in [-0.2, -0.15) is 13.2 Å². The Morgan fingerprint density at radius 1 is 1.36 bits per heavy atom. The molecule has 0 N–H and O–H groups in total. The van der Waals surface area contributed by atoms with Gasteiger partial charge in [0.05, 0.1) is 0 Å². The maximum absolute atomic E-state index is 11.6. The maximum Gasteiger partial charge on any atom is 0.411 e. The highest BCUT2D eigenvalue weighted by atomic mass is 19.4.